The number of carbonyl (C=O) groups excluding carboxylic acids is 1. The number of anilines is 1. The number of pyridine rings is 1. The lowest BCUT2D eigenvalue weighted by molar-refractivity contribution is -0.138. The Hall–Kier alpha value is -2.47. The molecule has 1 fully saturated rings. The van der Waals surface area contributed by atoms with Gasteiger partial charge >= 0.3 is 0 Å². The van der Waals surface area contributed by atoms with Crippen molar-refractivity contribution in [3.05, 3.63) is 59.5 Å². The van der Waals surface area contributed by atoms with E-state index in [2.05, 4.69) is 4.98 Å². The Bertz CT molecular complexity index is 753. The molecule has 0 radical (unpaired) electrons. The monoisotopic (exact) mass is 357 g/mol. The fourth-order valence-corrected chi connectivity index (χ4v) is 3.20. The van der Waals surface area contributed by atoms with E-state index in [1.807, 2.05) is 17.0 Å². The molecule has 0 bridgehead atoms. The van der Waals surface area contributed by atoms with Crippen molar-refractivity contribution in [2.45, 2.75) is 31.8 Å². The maximum atomic E-state index is 13.7. The molecule has 1 aromatic carbocycles. The zero-order valence-electron chi connectivity index (χ0n) is 14.7. The minimum absolute atomic E-state index is 0.00977. The lowest BCUT2D eigenvalue weighted by atomic mass is 10.1. The van der Waals surface area contributed by atoms with Crippen LogP contribution in [0.15, 0.2) is 42.6 Å². The van der Waals surface area contributed by atoms with Crippen molar-refractivity contribution >= 4 is 11.7 Å². The molecule has 26 heavy (non-hydrogen) atoms. The van der Waals surface area contributed by atoms with Crippen molar-refractivity contribution in [1.29, 1.82) is 0 Å². The largest absolute Gasteiger partial charge is 0.384 e. The molecule has 2 aromatic rings. The first-order valence-electron chi connectivity index (χ1n) is 8.95. The second-order valence-corrected chi connectivity index (χ2v) is 6.55. The first-order chi connectivity index (χ1) is 12.6. The summed E-state index contributed by atoms with van der Waals surface area (Å²) in [5, 5.41) is 0. The van der Waals surface area contributed by atoms with Gasteiger partial charge in [0, 0.05) is 25.7 Å². The topological polar surface area (TPSA) is 68.5 Å². The highest BCUT2D eigenvalue weighted by atomic mass is 19.1. The highest BCUT2D eigenvalue weighted by molar-refractivity contribution is 5.76. The molecule has 1 saturated heterocycles. The van der Waals surface area contributed by atoms with E-state index in [1.54, 1.807) is 24.4 Å². The quantitative estimate of drug-likeness (QED) is 0.863. The molecule has 2 heterocycles. The number of nitrogens with two attached hydrogens (primary N) is 1. The van der Waals surface area contributed by atoms with Gasteiger partial charge in [0.05, 0.1) is 12.7 Å². The molecule has 6 heteroatoms. The van der Waals surface area contributed by atoms with E-state index in [-0.39, 0.29) is 17.8 Å². The maximum absolute atomic E-state index is 13.7. The SMILES string of the molecule is Nc1cc(CCC2CN(C(=O)CCc3ccccc3F)CCO2)ccn1. The minimum Gasteiger partial charge on any atom is -0.384 e. The smallest absolute Gasteiger partial charge is 0.223 e. The second kappa shape index (κ2) is 8.76. The molecule has 138 valence electrons. The van der Waals surface area contributed by atoms with E-state index >= 15 is 0 Å². The predicted molar refractivity (Wildman–Crippen MR) is 98.0 cm³/mol. The first-order valence-corrected chi connectivity index (χ1v) is 8.95. The molecule has 2 N–H and O–H groups in total. The zero-order valence-corrected chi connectivity index (χ0v) is 14.7. The molecule has 0 saturated carbocycles. The Balaban J connectivity index is 1.48. The average molecular weight is 357 g/mol. The van der Waals surface area contributed by atoms with Gasteiger partial charge in [-0.2, -0.15) is 0 Å². The molecular formula is C20H24FN3O2. The molecule has 1 aromatic heterocycles. The van der Waals surface area contributed by atoms with Gasteiger partial charge in [0.1, 0.15) is 11.6 Å². The van der Waals surface area contributed by atoms with Gasteiger partial charge in [-0.15, -0.1) is 0 Å². The van der Waals surface area contributed by atoms with Gasteiger partial charge in [-0.1, -0.05) is 18.2 Å². The van der Waals surface area contributed by atoms with Crippen LogP contribution in [0.1, 0.15) is 24.0 Å². The molecule has 0 spiro atoms. The van der Waals surface area contributed by atoms with Gasteiger partial charge in [0.25, 0.3) is 0 Å². The molecule has 1 aliphatic rings. The summed E-state index contributed by atoms with van der Waals surface area (Å²) in [6.45, 7) is 1.71. The molecule has 5 nitrogen and oxygen atoms in total. The van der Waals surface area contributed by atoms with Crippen LogP contribution in [0.5, 0.6) is 0 Å². The van der Waals surface area contributed by atoms with E-state index < -0.39 is 0 Å². The second-order valence-electron chi connectivity index (χ2n) is 6.55. The highest BCUT2D eigenvalue weighted by Gasteiger charge is 2.24. The number of carbonyl (C=O) groups is 1. The molecular weight excluding hydrogens is 333 g/mol. The number of aryl methyl sites for hydroxylation is 2. The first kappa shape index (κ1) is 18.3. The fraction of sp³-hybridized carbons (Fsp3) is 0.400. The van der Waals surface area contributed by atoms with Crippen LogP contribution < -0.4 is 5.73 Å². The van der Waals surface area contributed by atoms with Gasteiger partial charge in [-0.05, 0) is 48.6 Å². The molecule has 1 aliphatic heterocycles. The Labute approximate surface area is 153 Å². The normalized spacial score (nSPS) is 17.3. The molecule has 1 atom stereocenters. The van der Waals surface area contributed by atoms with Crippen LogP contribution in [0.25, 0.3) is 0 Å². The van der Waals surface area contributed by atoms with Gasteiger partial charge in [-0.25, -0.2) is 9.37 Å². The van der Waals surface area contributed by atoms with Crippen LogP contribution in [-0.2, 0) is 22.4 Å². The predicted octanol–water partition coefficient (Wildman–Crippen LogP) is 2.60. The van der Waals surface area contributed by atoms with Crippen molar-refractivity contribution < 1.29 is 13.9 Å². The third kappa shape index (κ3) is 5.02. The lowest BCUT2D eigenvalue weighted by Crippen LogP contribution is -2.45. The fourth-order valence-electron chi connectivity index (χ4n) is 3.20. The van der Waals surface area contributed by atoms with E-state index in [9.17, 15) is 9.18 Å². The van der Waals surface area contributed by atoms with Crippen molar-refractivity contribution in [2.75, 3.05) is 25.4 Å². The van der Waals surface area contributed by atoms with Crippen LogP contribution in [0.4, 0.5) is 10.2 Å². The maximum Gasteiger partial charge on any atom is 0.223 e. The van der Waals surface area contributed by atoms with E-state index in [0.717, 1.165) is 18.4 Å². The van der Waals surface area contributed by atoms with E-state index in [4.69, 9.17) is 10.5 Å². The number of amides is 1. The van der Waals surface area contributed by atoms with Gasteiger partial charge < -0.3 is 15.4 Å². The van der Waals surface area contributed by atoms with E-state index in [0.29, 0.717) is 43.9 Å². The van der Waals surface area contributed by atoms with Crippen LogP contribution in [-0.4, -0.2) is 41.6 Å². The summed E-state index contributed by atoms with van der Waals surface area (Å²) < 4.78 is 19.5. The Morgan fingerprint density at radius 1 is 1.31 bits per heavy atom. The third-order valence-electron chi connectivity index (χ3n) is 4.66. The standard InChI is InChI=1S/C20H24FN3O2/c21-18-4-2-1-3-16(18)6-8-20(25)24-11-12-26-17(14-24)7-5-15-9-10-23-19(22)13-15/h1-4,9-10,13,17H,5-8,11-12,14H2,(H2,22,23). The number of benzene rings is 1. The molecule has 0 aliphatic carbocycles. The van der Waals surface area contributed by atoms with E-state index in [1.165, 1.54) is 6.07 Å². The Morgan fingerprint density at radius 2 is 2.15 bits per heavy atom. The number of halogens is 1. The Morgan fingerprint density at radius 3 is 2.96 bits per heavy atom. The van der Waals surface area contributed by atoms with Crippen molar-refractivity contribution in [3.63, 3.8) is 0 Å². The summed E-state index contributed by atoms with van der Waals surface area (Å²) in [7, 11) is 0. The minimum atomic E-state index is -0.253. The number of hydrogen-bond acceptors (Lipinski definition) is 4. The van der Waals surface area contributed by atoms with Crippen LogP contribution in [0, 0.1) is 5.82 Å². The number of rotatable bonds is 6. The number of ether oxygens (including phenoxy) is 1. The summed E-state index contributed by atoms with van der Waals surface area (Å²) in [6, 6.07) is 10.4. The third-order valence-corrected chi connectivity index (χ3v) is 4.66. The molecule has 3 rings (SSSR count). The van der Waals surface area contributed by atoms with Crippen LogP contribution in [0.3, 0.4) is 0 Å². The van der Waals surface area contributed by atoms with Crippen molar-refractivity contribution in [3.8, 4) is 0 Å². The van der Waals surface area contributed by atoms with Crippen molar-refractivity contribution in [1.82, 2.24) is 9.88 Å². The average Bonchev–Trinajstić information content (AvgIpc) is 2.66. The number of nitrogens with zero attached hydrogens (tertiary/aromatic N) is 2. The van der Waals surface area contributed by atoms with Crippen molar-refractivity contribution in [2.24, 2.45) is 0 Å². The van der Waals surface area contributed by atoms with Crippen LogP contribution in [0.2, 0.25) is 0 Å². The lowest BCUT2D eigenvalue weighted by Gasteiger charge is -2.33. The van der Waals surface area contributed by atoms with Gasteiger partial charge in [-0.3, -0.25) is 4.79 Å². The number of morpholine rings is 1. The summed E-state index contributed by atoms with van der Waals surface area (Å²) in [4.78, 5) is 18.3. The number of nitrogen functional groups attached to an aromatic ring is 1. The number of hydrogen-bond donors (Lipinski definition) is 1. The summed E-state index contributed by atoms with van der Waals surface area (Å²) in [5.41, 5.74) is 7.40. The van der Waals surface area contributed by atoms with Crippen LogP contribution >= 0.6 is 0 Å². The molecule has 1 amide bonds. The summed E-state index contributed by atoms with van der Waals surface area (Å²) >= 11 is 0. The summed E-state index contributed by atoms with van der Waals surface area (Å²) in [5.74, 6) is 0.309. The zero-order chi connectivity index (χ0) is 18.4. The highest BCUT2D eigenvalue weighted by Crippen LogP contribution is 2.16. The van der Waals surface area contributed by atoms with Gasteiger partial charge in [0.2, 0.25) is 5.91 Å². The molecule has 1 unspecified atom stereocenters. The Kier molecular flexibility index (Phi) is 6.17. The summed E-state index contributed by atoms with van der Waals surface area (Å²) in [6.07, 6.45) is 4.09. The van der Waals surface area contributed by atoms with Gasteiger partial charge in [0.15, 0.2) is 0 Å². The number of aromatic nitrogens is 1.